The first kappa shape index (κ1) is 12.4. The van der Waals surface area contributed by atoms with Gasteiger partial charge in [-0.15, -0.1) is 0 Å². The summed E-state index contributed by atoms with van der Waals surface area (Å²) in [4.78, 5) is 17.1. The molecule has 104 valence electrons. The monoisotopic (exact) mass is 264 g/mol. The van der Waals surface area contributed by atoms with Gasteiger partial charge in [-0.2, -0.15) is 15.0 Å². The summed E-state index contributed by atoms with van der Waals surface area (Å²) in [6.07, 6.45) is 3.81. The molecule has 0 radical (unpaired) electrons. The van der Waals surface area contributed by atoms with Crippen LogP contribution in [-0.2, 0) is 0 Å². The van der Waals surface area contributed by atoms with E-state index >= 15 is 0 Å². The van der Waals surface area contributed by atoms with Gasteiger partial charge >= 0.3 is 6.01 Å². The Bertz CT molecular complexity index is 448. The second kappa shape index (κ2) is 5.16. The minimum atomic E-state index is 0.214. The molecule has 19 heavy (non-hydrogen) atoms. The maximum atomic E-state index is 5.68. The Balaban J connectivity index is 1.71. The summed E-state index contributed by atoms with van der Waals surface area (Å²) in [5.41, 5.74) is 5.68. The van der Waals surface area contributed by atoms with Crippen LogP contribution >= 0.6 is 0 Å². The Morgan fingerprint density at radius 1 is 1.16 bits per heavy atom. The van der Waals surface area contributed by atoms with E-state index in [9.17, 15) is 0 Å². The van der Waals surface area contributed by atoms with Crippen molar-refractivity contribution in [1.29, 1.82) is 0 Å². The lowest BCUT2D eigenvalue weighted by atomic mass is 10.2. The summed E-state index contributed by atoms with van der Waals surface area (Å²) in [7, 11) is 1.54. The van der Waals surface area contributed by atoms with E-state index in [4.69, 9.17) is 10.5 Å². The average molecular weight is 264 g/mol. The van der Waals surface area contributed by atoms with Gasteiger partial charge in [-0.25, -0.2) is 0 Å². The van der Waals surface area contributed by atoms with Crippen molar-refractivity contribution in [2.45, 2.75) is 25.3 Å². The van der Waals surface area contributed by atoms with Crippen LogP contribution in [0.1, 0.15) is 19.3 Å². The number of nitrogens with zero attached hydrogens (tertiary/aromatic N) is 5. The summed E-state index contributed by atoms with van der Waals surface area (Å²) in [5.74, 6) is 0.845. The van der Waals surface area contributed by atoms with Gasteiger partial charge in [-0.1, -0.05) is 0 Å². The molecule has 2 N–H and O–H groups in total. The predicted molar refractivity (Wildman–Crippen MR) is 72.2 cm³/mol. The zero-order chi connectivity index (χ0) is 13.2. The zero-order valence-corrected chi connectivity index (χ0v) is 11.2. The third-order valence-corrected chi connectivity index (χ3v) is 3.91. The smallest absolute Gasteiger partial charge is 0.322 e. The number of nitrogen functional groups attached to an aromatic ring is 1. The summed E-state index contributed by atoms with van der Waals surface area (Å²) >= 11 is 0. The van der Waals surface area contributed by atoms with Crippen molar-refractivity contribution in [2.75, 3.05) is 43.9 Å². The standard InChI is InChI=1S/C12H20N6O/c1-19-12-15-10(13)14-11(16-12)18-7-4-9(8-18)17-5-2-3-6-17/h9H,2-8H2,1H3,(H2,13,14,15,16). The Hall–Kier alpha value is -1.63. The minimum Gasteiger partial charge on any atom is -0.467 e. The summed E-state index contributed by atoms with van der Waals surface area (Å²) in [6.45, 7) is 4.38. The van der Waals surface area contributed by atoms with E-state index in [2.05, 4.69) is 24.8 Å². The third kappa shape index (κ3) is 2.56. The molecule has 0 spiro atoms. The molecule has 7 nitrogen and oxygen atoms in total. The van der Waals surface area contributed by atoms with Crippen LogP contribution in [0.3, 0.4) is 0 Å². The molecule has 7 heteroatoms. The number of aromatic nitrogens is 3. The molecule has 0 saturated carbocycles. The van der Waals surface area contributed by atoms with Crippen LogP contribution in [0, 0.1) is 0 Å². The van der Waals surface area contributed by atoms with Crippen molar-refractivity contribution in [3.63, 3.8) is 0 Å². The maximum absolute atomic E-state index is 5.68. The highest BCUT2D eigenvalue weighted by atomic mass is 16.5. The lowest BCUT2D eigenvalue weighted by Gasteiger charge is -2.23. The number of likely N-dealkylation sites (tertiary alicyclic amines) is 1. The van der Waals surface area contributed by atoms with Crippen molar-refractivity contribution in [1.82, 2.24) is 19.9 Å². The highest BCUT2D eigenvalue weighted by molar-refractivity contribution is 5.37. The number of nitrogens with two attached hydrogens (primary N) is 1. The third-order valence-electron chi connectivity index (χ3n) is 3.91. The molecule has 1 aromatic rings. The molecule has 0 bridgehead atoms. The quantitative estimate of drug-likeness (QED) is 0.831. The molecular weight excluding hydrogens is 244 g/mol. The Labute approximate surface area is 112 Å². The number of rotatable bonds is 3. The first-order chi connectivity index (χ1) is 9.26. The summed E-state index contributed by atoms with van der Waals surface area (Å²) in [6, 6.07) is 0.901. The van der Waals surface area contributed by atoms with Crippen molar-refractivity contribution in [2.24, 2.45) is 0 Å². The van der Waals surface area contributed by atoms with Crippen LogP contribution in [0.15, 0.2) is 0 Å². The molecule has 0 aliphatic carbocycles. The first-order valence-corrected chi connectivity index (χ1v) is 6.81. The van der Waals surface area contributed by atoms with Gasteiger partial charge in [0.1, 0.15) is 0 Å². The van der Waals surface area contributed by atoms with E-state index in [1.54, 1.807) is 0 Å². The van der Waals surface area contributed by atoms with Gasteiger partial charge in [-0.05, 0) is 32.4 Å². The molecule has 2 saturated heterocycles. The average Bonchev–Trinajstić information content (AvgIpc) is 3.08. The molecular formula is C12H20N6O. The molecule has 3 rings (SSSR count). The van der Waals surface area contributed by atoms with E-state index in [0.29, 0.717) is 12.0 Å². The van der Waals surface area contributed by atoms with Gasteiger partial charge in [0.15, 0.2) is 0 Å². The van der Waals surface area contributed by atoms with Gasteiger partial charge in [0.2, 0.25) is 11.9 Å². The highest BCUT2D eigenvalue weighted by Crippen LogP contribution is 2.24. The molecule has 1 aromatic heterocycles. The van der Waals surface area contributed by atoms with Crippen LogP contribution in [0.2, 0.25) is 0 Å². The Morgan fingerprint density at radius 3 is 2.68 bits per heavy atom. The molecule has 2 fully saturated rings. The lowest BCUT2D eigenvalue weighted by molar-refractivity contribution is 0.260. The van der Waals surface area contributed by atoms with Gasteiger partial charge in [0.25, 0.3) is 0 Å². The van der Waals surface area contributed by atoms with Gasteiger partial charge < -0.3 is 15.4 Å². The molecule has 1 atom stereocenters. The number of methoxy groups -OCH3 is 1. The Kier molecular flexibility index (Phi) is 3.37. The molecule has 1 unspecified atom stereocenters. The normalized spacial score (nSPS) is 24.1. The topological polar surface area (TPSA) is 80.4 Å². The van der Waals surface area contributed by atoms with Gasteiger partial charge in [-0.3, -0.25) is 4.90 Å². The van der Waals surface area contributed by atoms with Gasteiger partial charge in [0.05, 0.1) is 7.11 Å². The second-order valence-corrected chi connectivity index (χ2v) is 5.11. The van der Waals surface area contributed by atoms with Crippen molar-refractivity contribution < 1.29 is 4.74 Å². The fourth-order valence-corrected chi connectivity index (χ4v) is 2.92. The van der Waals surface area contributed by atoms with Crippen LogP contribution in [0.5, 0.6) is 6.01 Å². The van der Waals surface area contributed by atoms with Crippen molar-refractivity contribution >= 4 is 11.9 Å². The van der Waals surface area contributed by atoms with E-state index in [0.717, 1.165) is 19.5 Å². The molecule has 2 aliphatic heterocycles. The maximum Gasteiger partial charge on any atom is 0.322 e. The first-order valence-electron chi connectivity index (χ1n) is 6.81. The van der Waals surface area contributed by atoms with Crippen LogP contribution in [0.25, 0.3) is 0 Å². The Morgan fingerprint density at radius 2 is 1.95 bits per heavy atom. The number of hydrogen-bond acceptors (Lipinski definition) is 7. The zero-order valence-electron chi connectivity index (χ0n) is 11.2. The van der Waals surface area contributed by atoms with Crippen molar-refractivity contribution in [3.05, 3.63) is 0 Å². The van der Waals surface area contributed by atoms with E-state index < -0.39 is 0 Å². The predicted octanol–water partition coefficient (Wildman–Crippen LogP) is 0.137. The van der Waals surface area contributed by atoms with E-state index in [1.165, 1.54) is 33.0 Å². The SMILES string of the molecule is COc1nc(N)nc(N2CCC(N3CCCC3)C2)n1. The van der Waals surface area contributed by atoms with Crippen LogP contribution in [0.4, 0.5) is 11.9 Å². The number of ether oxygens (including phenoxy) is 1. The number of anilines is 2. The summed E-state index contributed by atoms with van der Waals surface area (Å²) in [5, 5.41) is 0. The molecule has 0 amide bonds. The van der Waals surface area contributed by atoms with E-state index in [1.807, 2.05) is 0 Å². The lowest BCUT2D eigenvalue weighted by Crippen LogP contribution is -2.35. The fourth-order valence-electron chi connectivity index (χ4n) is 2.92. The summed E-state index contributed by atoms with van der Waals surface area (Å²) < 4.78 is 5.04. The largest absolute Gasteiger partial charge is 0.467 e. The van der Waals surface area contributed by atoms with Crippen LogP contribution < -0.4 is 15.4 Å². The highest BCUT2D eigenvalue weighted by Gasteiger charge is 2.30. The molecule has 2 aliphatic rings. The second-order valence-electron chi connectivity index (χ2n) is 5.11. The van der Waals surface area contributed by atoms with Crippen LogP contribution in [-0.4, -0.2) is 59.2 Å². The fraction of sp³-hybridized carbons (Fsp3) is 0.750. The molecule has 3 heterocycles. The molecule has 0 aromatic carbocycles. The van der Waals surface area contributed by atoms with Crippen molar-refractivity contribution in [3.8, 4) is 6.01 Å². The van der Waals surface area contributed by atoms with Gasteiger partial charge in [0, 0.05) is 19.1 Å². The van der Waals surface area contributed by atoms with E-state index in [-0.39, 0.29) is 12.0 Å². The minimum absolute atomic E-state index is 0.214. The number of hydrogen-bond donors (Lipinski definition) is 1.